The maximum absolute atomic E-state index is 4.57. The third-order valence-corrected chi connectivity index (χ3v) is 6.73. The summed E-state index contributed by atoms with van der Waals surface area (Å²) in [5.74, 6) is 0. The molecule has 1 aromatic heterocycles. The van der Waals surface area contributed by atoms with Gasteiger partial charge in [-0.25, -0.2) is 9.97 Å². The van der Waals surface area contributed by atoms with E-state index in [0.29, 0.717) is 0 Å². The second kappa shape index (κ2) is 6.50. The molecule has 128 valence electrons. The van der Waals surface area contributed by atoms with Crippen molar-refractivity contribution in [3.8, 4) is 22.5 Å². The molecule has 0 unspecified atom stereocenters. The van der Waals surface area contributed by atoms with E-state index in [1.807, 2.05) is 18.2 Å². The van der Waals surface area contributed by atoms with Crippen molar-refractivity contribution in [3.05, 3.63) is 79.1 Å². The first-order chi connectivity index (χ1) is 12.5. The van der Waals surface area contributed by atoms with Gasteiger partial charge < -0.3 is 0 Å². The Labute approximate surface area is 155 Å². The zero-order valence-electron chi connectivity index (χ0n) is 15.4. The topological polar surface area (TPSA) is 25.8 Å². The van der Waals surface area contributed by atoms with Gasteiger partial charge >= 0.3 is 0 Å². The predicted molar refractivity (Wildman–Crippen MR) is 113 cm³/mol. The number of fused-ring (bicyclic) bond motifs is 1. The van der Waals surface area contributed by atoms with E-state index in [1.54, 1.807) is 6.33 Å². The maximum Gasteiger partial charge on any atom is 0.116 e. The van der Waals surface area contributed by atoms with Crippen molar-refractivity contribution >= 4 is 24.0 Å². The Balaban J connectivity index is 1.90. The van der Waals surface area contributed by atoms with Gasteiger partial charge in [-0.2, -0.15) is 0 Å². The van der Waals surface area contributed by atoms with Crippen LogP contribution in [-0.2, 0) is 0 Å². The Hall–Kier alpha value is -2.78. The van der Waals surface area contributed by atoms with Gasteiger partial charge in [0.05, 0.1) is 19.5 Å². The second-order valence-corrected chi connectivity index (χ2v) is 12.7. The molecule has 0 atom stereocenters. The molecule has 0 N–H and O–H groups in total. The van der Waals surface area contributed by atoms with Gasteiger partial charge in [-0.15, -0.1) is 0 Å². The Kier molecular flexibility index (Phi) is 4.17. The van der Waals surface area contributed by atoms with Crippen LogP contribution in [0.3, 0.4) is 0 Å². The van der Waals surface area contributed by atoms with E-state index in [2.05, 4.69) is 84.2 Å². The monoisotopic (exact) mass is 354 g/mol. The average molecular weight is 355 g/mol. The van der Waals surface area contributed by atoms with E-state index in [9.17, 15) is 0 Å². The van der Waals surface area contributed by atoms with Gasteiger partial charge in [0.25, 0.3) is 0 Å². The normalized spacial score (nSPS) is 11.7. The third-order valence-electron chi connectivity index (χ3n) is 4.70. The van der Waals surface area contributed by atoms with E-state index in [0.717, 1.165) is 17.0 Å². The quantitative estimate of drug-likeness (QED) is 0.453. The van der Waals surface area contributed by atoms with Gasteiger partial charge in [0.15, 0.2) is 0 Å². The highest BCUT2D eigenvalue weighted by molar-refractivity contribution is 6.90. The highest BCUT2D eigenvalue weighted by atomic mass is 28.3. The zero-order valence-corrected chi connectivity index (χ0v) is 16.4. The van der Waals surface area contributed by atoms with Crippen molar-refractivity contribution < 1.29 is 0 Å². The van der Waals surface area contributed by atoms with Crippen molar-refractivity contribution in [2.24, 2.45) is 0 Å². The van der Waals surface area contributed by atoms with Crippen LogP contribution >= 0.6 is 0 Å². The summed E-state index contributed by atoms with van der Waals surface area (Å²) in [6, 6.07) is 25.6. The standard InChI is InChI=1S/C23H22N2Si/c1-26(2,3)23-14-19(13-18-11-7-8-12-20(18)23)22-15-21(24-16-25-22)17-9-5-4-6-10-17/h4-16H,1-3H3. The first-order valence-electron chi connectivity index (χ1n) is 8.93. The van der Waals surface area contributed by atoms with Crippen molar-refractivity contribution in [2.75, 3.05) is 0 Å². The van der Waals surface area contributed by atoms with E-state index >= 15 is 0 Å². The summed E-state index contributed by atoms with van der Waals surface area (Å²) in [7, 11) is -1.48. The number of hydrogen-bond acceptors (Lipinski definition) is 2. The molecule has 1 heterocycles. The fourth-order valence-corrected chi connectivity index (χ4v) is 4.99. The number of nitrogens with zero attached hydrogens (tertiary/aromatic N) is 2. The van der Waals surface area contributed by atoms with Crippen molar-refractivity contribution in [1.82, 2.24) is 9.97 Å². The molecule has 0 saturated carbocycles. The van der Waals surface area contributed by atoms with Gasteiger partial charge in [-0.3, -0.25) is 0 Å². The molecule has 0 bridgehead atoms. The molecule has 0 aliphatic heterocycles. The molecule has 0 spiro atoms. The van der Waals surface area contributed by atoms with Gasteiger partial charge in [-0.1, -0.05) is 85.5 Å². The van der Waals surface area contributed by atoms with Crippen LogP contribution in [0.15, 0.2) is 79.1 Å². The van der Waals surface area contributed by atoms with E-state index in [4.69, 9.17) is 0 Å². The largest absolute Gasteiger partial charge is 0.236 e. The maximum atomic E-state index is 4.57. The minimum absolute atomic E-state index is 0.957. The van der Waals surface area contributed by atoms with Gasteiger partial charge in [0, 0.05) is 11.1 Å². The Morgan fingerprint density at radius 3 is 2.04 bits per heavy atom. The van der Waals surface area contributed by atoms with Crippen LogP contribution in [0, 0.1) is 0 Å². The SMILES string of the molecule is C[Si](C)(C)c1cc(-c2cc(-c3ccccc3)ncn2)cc2ccccc12. The molecule has 0 aliphatic carbocycles. The number of hydrogen-bond donors (Lipinski definition) is 0. The summed E-state index contributed by atoms with van der Waals surface area (Å²) in [5, 5.41) is 4.13. The lowest BCUT2D eigenvalue weighted by molar-refractivity contribution is 1.18. The van der Waals surface area contributed by atoms with E-state index < -0.39 is 8.07 Å². The summed E-state index contributed by atoms with van der Waals surface area (Å²) in [6.45, 7) is 7.19. The van der Waals surface area contributed by atoms with Crippen LogP contribution in [0.5, 0.6) is 0 Å². The van der Waals surface area contributed by atoms with Crippen LogP contribution in [0.25, 0.3) is 33.3 Å². The van der Waals surface area contributed by atoms with Crippen molar-refractivity contribution in [2.45, 2.75) is 19.6 Å². The zero-order chi connectivity index (χ0) is 18.1. The fraction of sp³-hybridized carbons (Fsp3) is 0.130. The molecular formula is C23H22N2Si. The summed E-state index contributed by atoms with van der Waals surface area (Å²) < 4.78 is 0. The molecule has 0 radical (unpaired) electrons. The molecule has 0 aliphatic rings. The average Bonchev–Trinajstić information content (AvgIpc) is 2.67. The molecule has 26 heavy (non-hydrogen) atoms. The molecule has 3 heteroatoms. The lowest BCUT2D eigenvalue weighted by atomic mass is 10.0. The number of rotatable bonds is 3. The smallest absolute Gasteiger partial charge is 0.116 e. The number of aromatic nitrogens is 2. The fourth-order valence-electron chi connectivity index (χ4n) is 3.36. The summed E-state index contributed by atoms with van der Waals surface area (Å²) in [6.07, 6.45) is 1.67. The molecule has 0 amide bonds. The van der Waals surface area contributed by atoms with Crippen LogP contribution in [0.2, 0.25) is 19.6 Å². The molecule has 4 rings (SSSR count). The van der Waals surface area contributed by atoms with Crippen molar-refractivity contribution in [1.29, 1.82) is 0 Å². The lowest BCUT2D eigenvalue weighted by Gasteiger charge is -2.21. The Morgan fingerprint density at radius 2 is 1.31 bits per heavy atom. The molecule has 2 nitrogen and oxygen atoms in total. The highest BCUT2D eigenvalue weighted by Gasteiger charge is 2.20. The van der Waals surface area contributed by atoms with Crippen LogP contribution in [0.4, 0.5) is 0 Å². The van der Waals surface area contributed by atoms with Crippen LogP contribution in [-0.4, -0.2) is 18.0 Å². The summed E-state index contributed by atoms with van der Waals surface area (Å²) in [4.78, 5) is 9.04. The van der Waals surface area contributed by atoms with E-state index in [-0.39, 0.29) is 0 Å². The minimum atomic E-state index is -1.48. The molecule has 0 saturated heterocycles. The first kappa shape index (κ1) is 16.7. The molecule has 0 fully saturated rings. The van der Waals surface area contributed by atoms with Crippen LogP contribution < -0.4 is 5.19 Å². The third kappa shape index (κ3) is 3.18. The second-order valence-electron chi connectivity index (χ2n) is 7.65. The van der Waals surface area contributed by atoms with Crippen molar-refractivity contribution in [3.63, 3.8) is 0 Å². The first-order valence-corrected chi connectivity index (χ1v) is 12.4. The summed E-state index contributed by atoms with van der Waals surface area (Å²) in [5.41, 5.74) is 4.21. The minimum Gasteiger partial charge on any atom is -0.236 e. The van der Waals surface area contributed by atoms with Gasteiger partial charge in [0.2, 0.25) is 0 Å². The molecule has 4 aromatic rings. The Morgan fingerprint density at radius 1 is 0.654 bits per heavy atom. The lowest BCUT2D eigenvalue weighted by Crippen LogP contribution is -2.38. The van der Waals surface area contributed by atoms with Gasteiger partial charge in [0.1, 0.15) is 6.33 Å². The predicted octanol–water partition coefficient (Wildman–Crippen LogP) is 5.51. The van der Waals surface area contributed by atoms with Crippen LogP contribution in [0.1, 0.15) is 0 Å². The number of benzene rings is 3. The molecular weight excluding hydrogens is 332 g/mol. The summed E-state index contributed by atoms with van der Waals surface area (Å²) >= 11 is 0. The van der Waals surface area contributed by atoms with E-state index in [1.165, 1.54) is 21.5 Å². The van der Waals surface area contributed by atoms with Gasteiger partial charge in [-0.05, 0) is 22.9 Å². The Bertz CT molecular complexity index is 1070. The molecule has 3 aromatic carbocycles. The highest BCUT2D eigenvalue weighted by Crippen LogP contribution is 2.26.